The normalized spacial score (nSPS) is 22.4. The van der Waals surface area contributed by atoms with Gasteiger partial charge in [0.2, 0.25) is 0 Å². The highest BCUT2D eigenvalue weighted by molar-refractivity contribution is 4.93. The highest BCUT2D eigenvalue weighted by atomic mass is 15.2. The molecule has 2 rings (SSSR count). The minimum absolute atomic E-state index is 0.766. The van der Waals surface area contributed by atoms with Gasteiger partial charge >= 0.3 is 0 Å². The smallest absolute Gasteiger partial charge is 0.0922 e. The Morgan fingerprint density at radius 2 is 2.50 bits per heavy atom. The first kappa shape index (κ1) is 11.6. The maximum atomic E-state index is 4.00. The fourth-order valence-corrected chi connectivity index (χ4v) is 2.32. The van der Waals surface area contributed by atoms with E-state index in [1.165, 1.54) is 25.8 Å². The lowest BCUT2D eigenvalue weighted by Crippen LogP contribution is -2.41. The van der Waals surface area contributed by atoms with Crippen molar-refractivity contribution in [1.29, 1.82) is 0 Å². The molecule has 16 heavy (non-hydrogen) atoms. The van der Waals surface area contributed by atoms with Gasteiger partial charge in [-0.05, 0) is 26.3 Å². The van der Waals surface area contributed by atoms with Crippen molar-refractivity contribution in [3.63, 3.8) is 0 Å². The van der Waals surface area contributed by atoms with Gasteiger partial charge in [-0.1, -0.05) is 6.42 Å². The summed E-state index contributed by atoms with van der Waals surface area (Å²) in [6, 6.07) is 0.766. The summed E-state index contributed by atoms with van der Waals surface area (Å²) in [6.45, 7) is 6.72. The molecule has 0 amide bonds. The Balaban J connectivity index is 1.60. The fraction of sp³-hybridized carbons (Fsp3) is 0.750. The van der Waals surface area contributed by atoms with Crippen molar-refractivity contribution in [2.75, 3.05) is 19.6 Å². The van der Waals surface area contributed by atoms with E-state index in [4.69, 9.17) is 0 Å². The molecule has 2 heterocycles. The highest BCUT2D eigenvalue weighted by Gasteiger charge is 2.16. The molecule has 1 saturated heterocycles. The van der Waals surface area contributed by atoms with E-state index < -0.39 is 0 Å². The molecule has 0 aromatic carbocycles. The van der Waals surface area contributed by atoms with Crippen LogP contribution in [0.1, 0.15) is 31.9 Å². The lowest BCUT2D eigenvalue weighted by molar-refractivity contribution is 0.161. The van der Waals surface area contributed by atoms with E-state index >= 15 is 0 Å². The zero-order valence-electron chi connectivity index (χ0n) is 10.1. The van der Waals surface area contributed by atoms with Gasteiger partial charge in [-0.3, -0.25) is 4.90 Å². The van der Waals surface area contributed by atoms with Crippen molar-refractivity contribution in [2.45, 2.75) is 38.8 Å². The van der Waals surface area contributed by atoms with Crippen LogP contribution < -0.4 is 5.32 Å². The number of nitrogens with one attached hydrogen (secondary N) is 2. The van der Waals surface area contributed by atoms with Crippen LogP contribution in [0.15, 0.2) is 12.5 Å². The number of hydrogen-bond acceptors (Lipinski definition) is 3. The zero-order chi connectivity index (χ0) is 11.2. The Labute approximate surface area is 97.4 Å². The van der Waals surface area contributed by atoms with Gasteiger partial charge in [-0.2, -0.15) is 0 Å². The standard InChI is InChI=1S/C12H22N4/c1-11-4-2-3-6-16(11)7-5-13-8-12-9-14-10-15-12/h9-11,13H,2-8H2,1H3,(H,14,15). The predicted molar refractivity (Wildman–Crippen MR) is 65.2 cm³/mol. The Kier molecular flexibility index (Phi) is 4.36. The molecule has 0 aliphatic carbocycles. The van der Waals surface area contributed by atoms with Crippen molar-refractivity contribution in [2.24, 2.45) is 0 Å². The Morgan fingerprint density at radius 1 is 1.56 bits per heavy atom. The molecule has 1 atom stereocenters. The van der Waals surface area contributed by atoms with Crippen LogP contribution in [0.2, 0.25) is 0 Å². The first-order chi connectivity index (χ1) is 7.86. The molecule has 0 bridgehead atoms. The summed E-state index contributed by atoms with van der Waals surface area (Å²) in [4.78, 5) is 9.68. The lowest BCUT2D eigenvalue weighted by Gasteiger charge is -2.33. The molecule has 1 aromatic heterocycles. The van der Waals surface area contributed by atoms with E-state index in [2.05, 4.69) is 27.1 Å². The van der Waals surface area contributed by atoms with Crippen LogP contribution in [0.5, 0.6) is 0 Å². The van der Waals surface area contributed by atoms with E-state index in [1.807, 2.05) is 6.20 Å². The second kappa shape index (κ2) is 6.01. The monoisotopic (exact) mass is 222 g/mol. The highest BCUT2D eigenvalue weighted by Crippen LogP contribution is 2.15. The molecule has 0 spiro atoms. The number of H-pyrrole nitrogens is 1. The maximum Gasteiger partial charge on any atom is 0.0922 e. The molecular weight excluding hydrogens is 200 g/mol. The number of imidazole rings is 1. The molecule has 1 fully saturated rings. The minimum Gasteiger partial charge on any atom is -0.347 e. The Morgan fingerprint density at radius 3 is 3.25 bits per heavy atom. The third kappa shape index (κ3) is 3.32. The molecule has 1 aliphatic rings. The van der Waals surface area contributed by atoms with E-state index in [9.17, 15) is 0 Å². The van der Waals surface area contributed by atoms with Crippen molar-refractivity contribution >= 4 is 0 Å². The van der Waals surface area contributed by atoms with Crippen LogP contribution in [0.3, 0.4) is 0 Å². The van der Waals surface area contributed by atoms with Crippen LogP contribution >= 0.6 is 0 Å². The molecule has 0 saturated carbocycles. The van der Waals surface area contributed by atoms with E-state index in [-0.39, 0.29) is 0 Å². The summed E-state index contributed by atoms with van der Waals surface area (Å²) in [5, 5.41) is 3.44. The van der Waals surface area contributed by atoms with E-state index in [0.717, 1.165) is 31.4 Å². The molecule has 0 radical (unpaired) electrons. The van der Waals surface area contributed by atoms with Crippen LogP contribution in [0.25, 0.3) is 0 Å². The second-order valence-electron chi connectivity index (χ2n) is 4.63. The van der Waals surface area contributed by atoms with Crippen LogP contribution in [0, 0.1) is 0 Å². The Hall–Kier alpha value is -0.870. The third-order valence-corrected chi connectivity index (χ3v) is 3.39. The quantitative estimate of drug-likeness (QED) is 0.740. The summed E-state index contributed by atoms with van der Waals surface area (Å²) in [5.74, 6) is 0. The van der Waals surface area contributed by atoms with Crippen molar-refractivity contribution < 1.29 is 0 Å². The van der Waals surface area contributed by atoms with Crippen molar-refractivity contribution in [3.8, 4) is 0 Å². The molecule has 1 aromatic rings. The summed E-state index contributed by atoms with van der Waals surface area (Å²) in [5.41, 5.74) is 1.16. The summed E-state index contributed by atoms with van der Waals surface area (Å²) < 4.78 is 0. The first-order valence-electron chi connectivity index (χ1n) is 6.28. The first-order valence-corrected chi connectivity index (χ1v) is 6.28. The molecule has 1 aliphatic heterocycles. The second-order valence-corrected chi connectivity index (χ2v) is 4.63. The Bertz CT molecular complexity index is 283. The zero-order valence-corrected chi connectivity index (χ0v) is 10.1. The van der Waals surface area contributed by atoms with Crippen LogP contribution in [0.4, 0.5) is 0 Å². The number of hydrogen-bond donors (Lipinski definition) is 2. The minimum atomic E-state index is 0.766. The largest absolute Gasteiger partial charge is 0.347 e. The molecule has 1 unspecified atom stereocenters. The molecular formula is C12H22N4. The van der Waals surface area contributed by atoms with Crippen molar-refractivity contribution in [3.05, 3.63) is 18.2 Å². The molecule has 4 heteroatoms. The van der Waals surface area contributed by atoms with Crippen molar-refractivity contribution in [1.82, 2.24) is 20.2 Å². The number of aromatic nitrogens is 2. The van der Waals surface area contributed by atoms with Gasteiger partial charge < -0.3 is 10.3 Å². The number of likely N-dealkylation sites (tertiary alicyclic amines) is 1. The predicted octanol–water partition coefficient (Wildman–Crippen LogP) is 1.37. The number of rotatable bonds is 5. The topological polar surface area (TPSA) is 44.0 Å². The number of piperidine rings is 1. The average molecular weight is 222 g/mol. The van der Waals surface area contributed by atoms with Gasteiger partial charge in [-0.15, -0.1) is 0 Å². The fourth-order valence-electron chi connectivity index (χ4n) is 2.32. The summed E-state index contributed by atoms with van der Waals surface area (Å²) in [7, 11) is 0. The maximum absolute atomic E-state index is 4.00. The van der Waals surface area contributed by atoms with Gasteiger partial charge in [0.15, 0.2) is 0 Å². The van der Waals surface area contributed by atoms with Gasteiger partial charge in [-0.25, -0.2) is 4.98 Å². The lowest BCUT2D eigenvalue weighted by atomic mass is 10.0. The SMILES string of the molecule is CC1CCCCN1CCNCc1cnc[nH]1. The van der Waals surface area contributed by atoms with Crippen LogP contribution in [-0.2, 0) is 6.54 Å². The summed E-state index contributed by atoms with van der Waals surface area (Å²) >= 11 is 0. The average Bonchev–Trinajstić information content (AvgIpc) is 2.79. The summed E-state index contributed by atoms with van der Waals surface area (Å²) in [6.07, 6.45) is 7.73. The number of aromatic amines is 1. The van der Waals surface area contributed by atoms with Gasteiger partial charge in [0, 0.05) is 37.6 Å². The molecule has 4 nitrogen and oxygen atoms in total. The molecule has 90 valence electrons. The van der Waals surface area contributed by atoms with Crippen LogP contribution in [-0.4, -0.2) is 40.5 Å². The van der Waals surface area contributed by atoms with E-state index in [0.29, 0.717) is 0 Å². The number of nitrogens with zero attached hydrogens (tertiary/aromatic N) is 2. The molecule has 2 N–H and O–H groups in total. The van der Waals surface area contributed by atoms with Gasteiger partial charge in [0.25, 0.3) is 0 Å². The van der Waals surface area contributed by atoms with Gasteiger partial charge in [0.1, 0.15) is 0 Å². The van der Waals surface area contributed by atoms with Gasteiger partial charge in [0.05, 0.1) is 6.33 Å². The third-order valence-electron chi connectivity index (χ3n) is 3.39. The van der Waals surface area contributed by atoms with E-state index in [1.54, 1.807) is 6.33 Å².